The number of esters is 1. The molecule has 3 atom stereocenters. The van der Waals surface area contributed by atoms with E-state index in [0.717, 1.165) is 21.1 Å². The zero-order valence-electron chi connectivity index (χ0n) is 32.0. The maximum absolute atomic E-state index is 14.0. The number of piperidine rings is 1. The molecule has 3 aromatic rings. The number of thiophene rings is 1. The molecule has 18 heteroatoms. The van der Waals surface area contributed by atoms with Crippen molar-refractivity contribution in [2.75, 3.05) is 44.1 Å². The summed E-state index contributed by atoms with van der Waals surface area (Å²) in [7, 11) is 2.79. The first-order valence-electron chi connectivity index (χ1n) is 18.3. The fourth-order valence-corrected chi connectivity index (χ4v) is 7.58. The van der Waals surface area contributed by atoms with Crippen molar-refractivity contribution in [2.24, 2.45) is 5.73 Å². The number of carbonyl (C=O) groups is 8. The van der Waals surface area contributed by atoms with Gasteiger partial charge in [0.1, 0.15) is 23.6 Å². The van der Waals surface area contributed by atoms with Crippen LogP contribution in [-0.4, -0.2) is 98.1 Å². The summed E-state index contributed by atoms with van der Waals surface area (Å²) in [5.41, 5.74) is 6.92. The number of imide groups is 2. The minimum Gasteiger partial charge on any atom is -0.497 e. The van der Waals surface area contributed by atoms with Crippen LogP contribution in [0.3, 0.4) is 0 Å². The lowest BCUT2D eigenvalue weighted by Crippen LogP contribution is -2.54. The minimum absolute atomic E-state index is 0.0222. The van der Waals surface area contributed by atoms with Gasteiger partial charge in [0.15, 0.2) is 11.8 Å². The normalized spacial score (nSPS) is 15.7. The molecular weight excluding hydrogens is 773 g/mol. The van der Waals surface area contributed by atoms with Crippen LogP contribution in [0.2, 0.25) is 0 Å². The third-order valence-corrected chi connectivity index (χ3v) is 10.5. The van der Waals surface area contributed by atoms with E-state index in [9.17, 15) is 38.4 Å². The standard InChI is InChI=1S/C40H42N6O11S/c1-5-31(48)45(25-14-13-22(55-3)21-27(25)56-4)34(35(49)33(41)40(54)57-6-2)28-16-17-29(58-28)37(51)43-20-9-7-8-19-42-24-12-10-11-23-32(24)39(53)46(38(23)52)26-15-18-30(47)44-36(26)50/h1,10-14,16-17,21,26,33-34,42H,6-9,15,18-20,41H2,2-4H3,(H,43,51)(H,44,47,50). The molecule has 6 amide bonds. The number of hydrogen-bond donors (Lipinski definition) is 4. The molecule has 5 rings (SSSR count). The van der Waals surface area contributed by atoms with Crippen molar-refractivity contribution >= 4 is 69.9 Å². The van der Waals surface area contributed by atoms with Crippen molar-refractivity contribution in [3.8, 4) is 23.8 Å². The predicted molar refractivity (Wildman–Crippen MR) is 210 cm³/mol. The van der Waals surface area contributed by atoms with E-state index in [4.69, 9.17) is 26.4 Å². The Hall–Kier alpha value is -6.58. The fraction of sp³-hybridized carbons (Fsp3) is 0.350. The highest BCUT2D eigenvalue weighted by Gasteiger charge is 2.46. The van der Waals surface area contributed by atoms with E-state index >= 15 is 0 Å². The van der Waals surface area contributed by atoms with E-state index in [1.807, 2.05) is 5.92 Å². The van der Waals surface area contributed by atoms with Gasteiger partial charge in [-0.3, -0.25) is 48.7 Å². The molecule has 2 aromatic carbocycles. The number of amides is 6. The Morgan fingerprint density at radius 3 is 2.47 bits per heavy atom. The minimum atomic E-state index is -1.80. The number of nitrogens with zero attached hydrogens (tertiary/aromatic N) is 2. The van der Waals surface area contributed by atoms with Gasteiger partial charge in [-0.05, 0) is 74.9 Å². The van der Waals surface area contributed by atoms with Gasteiger partial charge in [0.05, 0.1) is 42.5 Å². The smallest absolute Gasteiger partial charge is 0.330 e. The quantitative estimate of drug-likeness (QED) is 0.0476. The number of fused-ring (bicyclic) bond motifs is 1. The number of ether oxygens (including phenoxy) is 3. The summed E-state index contributed by atoms with van der Waals surface area (Å²) >= 11 is 0.910. The van der Waals surface area contributed by atoms with Crippen molar-refractivity contribution in [3.05, 3.63) is 69.4 Å². The number of hydrogen-bond acceptors (Lipinski definition) is 14. The molecule has 0 saturated carbocycles. The van der Waals surface area contributed by atoms with Crippen LogP contribution in [0.4, 0.5) is 11.4 Å². The van der Waals surface area contributed by atoms with Crippen LogP contribution in [0, 0.1) is 12.3 Å². The number of nitrogens with one attached hydrogen (secondary N) is 3. The van der Waals surface area contributed by atoms with Gasteiger partial charge in [-0.2, -0.15) is 0 Å². The van der Waals surface area contributed by atoms with Crippen LogP contribution >= 0.6 is 11.3 Å². The highest BCUT2D eigenvalue weighted by Crippen LogP contribution is 2.40. The molecule has 0 aliphatic carbocycles. The molecule has 0 radical (unpaired) electrons. The van der Waals surface area contributed by atoms with Crippen molar-refractivity contribution in [2.45, 2.75) is 57.2 Å². The lowest BCUT2D eigenvalue weighted by atomic mass is 10.0. The van der Waals surface area contributed by atoms with E-state index in [2.05, 4.69) is 16.0 Å². The van der Waals surface area contributed by atoms with E-state index in [-0.39, 0.29) is 51.8 Å². The molecule has 0 bridgehead atoms. The van der Waals surface area contributed by atoms with Crippen molar-refractivity contribution in [1.29, 1.82) is 0 Å². The summed E-state index contributed by atoms with van der Waals surface area (Å²) in [6, 6.07) is 7.84. The summed E-state index contributed by atoms with van der Waals surface area (Å²) in [6.07, 6.45) is 7.52. The molecule has 1 fully saturated rings. The summed E-state index contributed by atoms with van der Waals surface area (Å²) in [6.45, 7) is 2.23. The molecule has 3 unspecified atom stereocenters. The summed E-state index contributed by atoms with van der Waals surface area (Å²) in [5.74, 6) is -3.12. The topological polar surface area (TPSA) is 233 Å². The van der Waals surface area contributed by atoms with Gasteiger partial charge in [0.2, 0.25) is 11.8 Å². The Labute approximate surface area is 337 Å². The largest absolute Gasteiger partial charge is 0.497 e. The third kappa shape index (κ3) is 9.01. The van der Waals surface area contributed by atoms with Crippen LogP contribution in [-0.2, 0) is 28.7 Å². The molecule has 1 aromatic heterocycles. The van der Waals surface area contributed by atoms with Gasteiger partial charge >= 0.3 is 11.9 Å². The first-order chi connectivity index (χ1) is 27.9. The number of carbonyl (C=O) groups excluding carboxylic acids is 8. The lowest BCUT2D eigenvalue weighted by molar-refractivity contribution is -0.148. The maximum Gasteiger partial charge on any atom is 0.330 e. The lowest BCUT2D eigenvalue weighted by Gasteiger charge is -2.31. The molecule has 3 heterocycles. The SMILES string of the molecule is C#CC(=O)N(c1ccc(OC)cc1OC)C(C(=O)C(N)C(=O)OCC)c1ccc(C(=O)NCCCCCNc2cccc3c2C(=O)N(C2CCC(=O)NC2=O)C3=O)s1. The van der Waals surface area contributed by atoms with E-state index < -0.39 is 65.3 Å². The van der Waals surface area contributed by atoms with Gasteiger partial charge in [-0.15, -0.1) is 17.8 Å². The number of unbranched alkanes of at least 4 members (excludes halogenated alkanes) is 2. The maximum atomic E-state index is 14.0. The molecule has 2 aliphatic rings. The average Bonchev–Trinajstić information content (AvgIpc) is 3.81. The number of terminal acetylenes is 1. The van der Waals surface area contributed by atoms with Crippen LogP contribution in [0.25, 0.3) is 0 Å². The summed E-state index contributed by atoms with van der Waals surface area (Å²) in [4.78, 5) is 106. The molecule has 17 nitrogen and oxygen atoms in total. The van der Waals surface area contributed by atoms with Gasteiger partial charge in [0, 0.05) is 36.1 Å². The van der Waals surface area contributed by atoms with E-state index in [1.54, 1.807) is 19.1 Å². The highest BCUT2D eigenvalue weighted by atomic mass is 32.1. The van der Waals surface area contributed by atoms with Crippen molar-refractivity contribution in [3.63, 3.8) is 0 Å². The van der Waals surface area contributed by atoms with Crippen LogP contribution in [0.15, 0.2) is 48.5 Å². The first kappa shape index (κ1) is 42.6. The second kappa shape index (κ2) is 19.0. The Kier molecular flexibility index (Phi) is 14.0. The van der Waals surface area contributed by atoms with Gasteiger partial charge in [0.25, 0.3) is 17.7 Å². The Morgan fingerprint density at radius 1 is 1.02 bits per heavy atom. The Bertz CT molecular complexity index is 2180. The van der Waals surface area contributed by atoms with Gasteiger partial charge in [-0.1, -0.05) is 6.07 Å². The number of methoxy groups -OCH3 is 2. The fourth-order valence-electron chi connectivity index (χ4n) is 6.56. The molecule has 304 valence electrons. The monoisotopic (exact) mass is 814 g/mol. The third-order valence-electron chi connectivity index (χ3n) is 9.41. The number of Topliss-reactive ketones (excluding diaryl/α,β-unsaturated/α-hetero) is 1. The van der Waals surface area contributed by atoms with Crippen LogP contribution in [0.1, 0.15) is 80.3 Å². The molecule has 1 saturated heterocycles. The Balaban J connectivity index is 1.21. The highest BCUT2D eigenvalue weighted by molar-refractivity contribution is 7.14. The first-order valence-corrected chi connectivity index (χ1v) is 19.1. The number of benzene rings is 2. The molecule has 58 heavy (non-hydrogen) atoms. The van der Waals surface area contributed by atoms with Gasteiger partial charge in [-0.25, -0.2) is 4.79 Å². The van der Waals surface area contributed by atoms with Crippen LogP contribution < -0.4 is 36.1 Å². The molecule has 5 N–H and O–H groups in total. The zero-order valence-corrected chi connectivity index (χ0v) is 32.8. The van der Waals surface area contributed by atoms with Crippen molar-refractivity contribution in [1.82, 2.24) is 15.5 Å². The zero-order chi connectivity index (χ0) is 42.1. The predicted octanol–water partition coefficient (Wildman–Crippen LogP) is 2.35. The number of nitrogens with two attached hydrogens (primary N) is 1. The number of rotatable bonds is 18. The summed E-state index contributed by atoms with van der Waals surface area (Å²) < 4.78 is 15.7. The van der Waals surface area contributed by atoms with Crippen LogP contribution in [0.5, 0.6) is 11.5 Å². The second-order valence-electron chi connectivity index (χ2n) is 13.0. The van der Waals surface area contributed by atoms with Gasteiger partial charge < -0.3 is 30.6 Å². The van der Waals surface area contributed by atoms with E-state index in [0.29, 0.717) is 43.8 Å². The Morgan fingerprint density at radius 2 is 1.78 bits per heavy atom. The average molecular weight is 815 g/mol. The summed E-state index contributed by atoms with van der Waals surface area (Å²) in [5, 5.41) is 8.22. The number of anilines is 2. The van der Waals surface area contributed by atoms with E-state index in [1.165, 1.54) is 50.6 Å². The second-order valence-corrected chi connectivity index (χ2v) is 14.1. The molecular formula is C40H42N6O11S. The number of ketones is 1. The van der Waals surface area contributed by atoms with Crippen molar-refractivity contribution < 1.29 is 52.6 Å². The molecule has 2 aliphatic heterocycles. The molecule has 0 spiro atoms.